The Bertz CT molecular complexity index is 434. The van der Waals surface area contributed by atoms with Crippen LogP contribution in [0.2, 0.25) is 0 Å². The maximum absolute atomic E-state index is 5.26. The SMILES string of the molecule is COc1ccc(C(Br)C2C3CCCCC32)c(Br)c1. The van der Waals surface area contributed by atoms with E-state index in [1.54, 1.807) is 7.11 Å². The fraction of sp³-hybridized carbons (Fsp3) is 0.600. The minimum Gasteiger partial charge on any atom is -0.497 e. The van der Waals surface area contributed by atoms with Crippen LogP contribution in [0.4, 0.5) is 0 Å². The molecule has 1 nitrogen and oxygen atoms in total. The van der Waals surface area contributed by atoms with Gasteiger partial charge in [0.25, 0.3) is 0 Å². The minimum atomic E-state index is 0.492. The Morgan fingerprint density at radius 1 is 1.22 bits per heavy atom. The molecule has 1 aromatic carbocycles. The average Bonchev–Trinajstić information content (AvgIpc) is 3.12. The van der Waals surface area contributed by atoms with Gasteiger partial charge in [0.15, 0.2) is 0 Å². The molecule has 3 heteroatoms. The van der Waals surface area contributed by atoms with Gasteiger partial charge in [0.2, 0.25) is 0 Å². The van der Waals surface area contributed by atoms with E-state index < -0.39 is 0 Å². The fourth-order valence-electron chi connectivity index (χ4n) is 3.55. The van der Waals surface area contributed by atoms with Crippen LogP contribution in [0.5, 0.6) is 5.75 Å². The van der Waals surface area contributed by atoms with Gasteiger partial charge in [0.05, 0.1) is 7.11 Å². The quantitative estimate of drug-likeness (QED) is 0.650. The molecule has 1 aromatic rings. The van der Waals surface area contributed by atoms with Gasteiger partial charge in [-0.1, -0.05) is 50.8 Å². The molecule has 0 aliphatic heterocycles. The first kappa shape index (κ1) is 13.0. The van der Waals surface area contributed by atoms with Crippen molar-refractivity contribution in [3.05, 3.63) is 28.2 Å². The van der Waals surface area contributed by atoms with E-state index in [4.69, 9.17) is 4.74 Å². The first-order chi connectivity index (χ1) is 8.72. The molecule has 0 aromatic heterocycles. The zero-order valence-corrected chi connectivity index (χ0v) is 13.7. The average molecular weight is 374 g/mol. The summed E-state index contributed by atoms with van der Waals surface area (Å²) >= 11 is 7.60. The molecule has 3 rings (SSSR count). The van der Waals surface area contributed by atoms with E-state index in [1.165, 1.54) is 31.2 Å². The third-order valence-corrected chi connectivity index (χ3v) is 6.36. The summed E-state index contributed by atoms with van der Waals surface area (Å²) < 4.78 is 6.41. The van der Waals surface area contributed by atoms with Crippen molar-refractivity contribution in [2.75, 3.05) is 7.11 Å². The number of ether oxygens (including phenoxy) is 1. The van der Waals surface area contributed by atoms with Crippen molar-refractivity contribution in [1.82, 2.24) is 0 Å². The van der Waals surface area contributed by atoms with Crippen LogP contribution in [0.1, 0.15) is 36.1 Å². The maximum atomic E-state index is 5.26. The molecule has 0 heterocycles. The van der Waals surface area contributed by atoms with Crippen molar-refractivity contribution in [2.45, 2.75) is 30.5 Å². The second kappa shape index (κ2) is 5.16. The molecule has 2 aliphatic rings. The number of methoxy groups -OCH3 is 1. The van der Waals surface area contributed by atoms with Gasteiger partial charge in [-0.2, -0.15) is 0 Å². The van der Waals surface area contributed by atoms with Crippen LogP contribution in [0.3, 0.4) is 0 Å². The van der Waals surface area contributed by atoms with E-state index in [0.717, 1.165) is 28.0 Å². The van der Waals surface area contributed by atoms with Crippen molar-refractivity contribution < 1.29 is 4.74 Å². The summed E-state index contributed by atoms with van der Waals surface area (Å²) in [4.78, 5) is 0.492. The van der Waals surface area contributed by atoms with Crippen molar-refractivity contribution >= 4 is 31.9 Å². The Morgan fingerprint density at radius 2 is 1.89 bits per heavy atom. The Labute approximate surface area is 126 Å². The molecule has 0 N–H and O–H groups in total. The Kier molecular flexibility index (Phi) is 3.72. The Morgan fingerprint density at radius 3 is 2.44 bits per heavy atom. The highest BCUT2D eigenvalue weighted by Crippen LogP contribution is 2.63. The minimum absolute atomic E-state index is 0.492. The smallest absolute Gasteiger partial charge is 0.120 e. The molecule has 0 bridgehead atoms. The van der Waals surface area contributed by atoms with E-state index >= 15 is 0 Å². The molecule has 0 radical (unpaired) electrons. The number of hydrogen-bond donors (Lipinski definition) is 0. The second-order valence-electron chi connectivity index (χ2n) is 5.48. The lowest BCUT2D eigenvalue weighted by Crippen LogP contribution is -1.97. The third-order valence-electron chi connectivity index (χ3n) is 4.57. The van der Waals surface area contributed by atoms with E-state index in [9.17, 15) is 0 Å². The predicted molar refractivity (Wildman–Crippen MR) is 81.3 cm³/mol. The Balaban J connectivity index is 1.78. The van der Waals surface area contributed by atoms with Gasteiger partial charge in [0.1, 0.15) is 5.75 Å². The number of fused-ring (bicyclic) bond motifs is 1. The van der Waals surface area contributed by atoms with Crippen LogP contribution >= 0.6 is 31.9 Å². The molecule has 2 fully saturated rings. The van der Waals surface area contributed by atoms with Crippen LogP contribution in [-0.2, 0) is 0 Å². The third kappa shape index (κ3) is 2.24. The molecular formula is C15H18Br2O. The second-order valence-corrected chi connectivity index (χ2v) is 7.32. The number of hydrogen-bond acceptors (Lipinski definition) is 1. The molecular weight excluding hydrogens is 356 g/mol. The summed E-state index contributed by atoms with van der Waals surface area (Å²) in [6, 6.07) is 6.31. The van der Waals surface area contributed by atoms with Crippen molar-refractivity contribution in [1.29, 1.82) is 0 Å². The van der Waals surface area contributed by atoms with Gasteiger partial charge in [-0.25, -0.2) is 0 Å². The molecule has 0 saturated heterocycles. The highest BCUT2D eigenvalue weighted by Gasteiger charge is 2.53. The molecule has 18 heavy (non-hydrogen) atoms. The molecule has 98 valence electrons. The zero-order chi connectivity index (χ0) is 12.7. The highest BCUT2D eigenvalue weighted by molar-refractivity contribution is 9.11. The molecule has 3 unspecified atom stereocenters. The van der Waals surface area contributed by atoms with Crippen LogP contribution in [0.15, 0.2) is 22.7 Å². The molecule has 2 saturated carbocycles. The van der Waals surface area contributed by atoms with Crippen molar-refractivity contribution in [2.24, 2.45) is 17.8 Å². The Hall–Kier alpha value is -0.0200. The summed E-state index contributed by atoms with van der Waals surface area (Å²) in [5, 5.41) is 0. The fourth-order valence-corrected chi connectivity index (χ4v) is 5.64. The largest absolute Gasteiger partial charge is 0.497 e. The van der Waals surface area contributed by atoms with Crippen LogP contribution in [0.25, 0.3) is 0 Å². The summed E-state index contributed by atoms with van der Waals surface area (Å²) in [5.41, 5.74) is 1.37. The van der Waals surface area contributed by atoms with Crippen molar-refractivity contribution in [3.8, 4) is 5.75 Å². The monoisotopic (exact) mass is 372 g/mol. The van der Waals surface area contributed by atoms with E-state index in [0.29, 0.717) is 4.83 Å². The normalized spacial score (nSPS) is 31.6. The topological polar surface area (TPSA) is 9.23 Å². The van der Waals surface area contributed by atoms with E-state index in [-0.39, 0.29) is 0 Å². The van der Waals surface area contributed by atoms with Crippen LogP contribution in [-0.4, -0.2) is 7.11 Å². The maximum Gasteiger partial charge on any atom is 0.120 e. The van der Waals surface area contributed by atoms with Gasteiger partial charge in [-0.3, -0.25) is 0 Å². The summed E-state index contributed by atoms with van der Waals surface area (Å²) in [7, 11) is 1.71. The summed E-state index contributed by atoms with van der Waals surface area (Å²) in [6.07, 6.45) is 5.73. The number of halogens is 2. The van der Waals surface area contributed by atoms with Crippen molar-refractivity contribution in [3.63, 3.8) is 0 Å². The lowest BCUT2D eigenvalue weighted by Gasteiger charge is -2.13. The van der Waals surface area contributed by atoms with Crippen LogP contribution in [0, 0.1) is 17.8 Å². The molecule has 0 spiro atoms. The molecule has 0 amide bonds. The van der Waals surface area contributed by atoms with Gasteiger partial charge in [0, 0.05) is 9.30 Å². The zero-order valence-electron chi connectivity index (χ0n) is 10.5. The predicted octanol–water partition coefficient (Wildman–Crippen LogP) is 5.33. The van der Waals surface area contributed by atoms with Gasteiger partial charge < -0.3 is 4.74 Å². The first-order valence-electron chi connectivity index (χ1n) is 6.70. The summed E-state index contributed by atoms with van der Waals surface area (Å²) in [5.74, 6) is 3.70. The van der Waals surface area contributed by atoms with Gasteiger partial charge in [-0.05, 0) is 48.3 Å². The lowest BCUT2D eigenvalue weighted by atomic mass is 10.0. The molecule has 3 atom stereocenters. The van der Waals surface area contributed by atoms with E-state index in [1.807, 2.05) is 0 Å². The number of alkyl halides is 1. The number of benzene rings is 1. The van der Waals surface area contributed by atoms with Gasteiger partial charge >= 0.3 is 0 Å². The van der Waals surface area contributed by atoms with Gasteiger partial charge in [-0.15, -0.1) is 0 Å². The lowest BCUT2D eigenvalue weighted by molar-refractivity contribution is 0.414. The van der Waals surface area contributed by atoms with Crippen LogP contribution < -0.4 is 4.74 Å². The summed E-state index contributed by atoms with van der Waals surface area (Å²) in [6.45, 7) is 0. The highest BCUT2D eigenvalue weighted by atomic mass is 79.9. The van der Waals surface area contributed by atoms with E-state index in [2.05, 4.69) is 50.1 Å². The standard InChI is InChI=1S/C15H18Br2O/c1-18-9-6-7-12(13(16)8-9)15(17)14-10-4-2-3-5-11(10)14/h6-8,10-11,14-15H,2-5H2,1H3. The number of rotatable bonds is 3. The molecule has 2 aliphatic carbocycles. The first-order valence-corrected chi connectivity index (χ1v) is 8.40.